The lowest BCUT2D eigenvalue weighted by molar-refractivity contribution is 0.673. The highest BCUT2D eigenvalue weighted by Crippen LogP contribution is 2.50. The van der Waals surface area contributed by atoms with E-state index in [0.29, 0.717) is 5.92 Å². The van der Waals surface area contributed by atoms with Crippen molar-refractivity contribution < 1.29 is 0 Å². The predicted octanol–water partition coefficient (Wildman–Crippen LogP) is 15.8. The molecule has 0 radical (unpaired) electrons. The SMILES string of the molecule is CCCC(C)c1c2cc(-c3ccccc3)ccc2c(N(c2ccccc2)c2ccc3c(c2)c2ccccc2n3-c2ccccc2)c2cc(-c3ccccc3)ccc12. The highest BCUT2D eigenvalue weighted by atomic mass is 15.1. The highest BCUT2D eigenvalue weighted by molar-refractivity contribution is 6.19. The maximum absolute atomic E-state index is 2.52. The Morgan fingerprint density at radius 2 is 0.982 bits per heavy atom. The van der Waals surface area contributed by atoms with E-state index in [4.69, 9.17) is 0 Å². The zero-order valence-electron chi connectivity index (χ0n) is 32.4. The van der Waals surface area contributed by atoms with Crippen molar-refractivity contribution in [2.75, 3.05) is 4.90 Å². The van der Waals surface area contributed by atoms with Gasteiger partial charge in [0.1, 0.15) is 0 Å². The molecule has 57 heavy (non-hydrogen) atoms. The molecular weight excluding hydrogens is 689 g/mol. The Morgan fingerprint density at radius 1 is 0.421 bits per heavy atom. The second kappa shape index (κ2) is 14.6. The Morgan fingerprint density at radius 3 is 1.65 bits per heavy atom. The van der Waals surface area contributed by atoms with E-state index in [-0.39, 0.29) is 0 Å². The van der Waals surface area contributed by atoms with Crippen LogP contribution < -0.4 is 4.90 Å². The van der Waals surface area contributed by atoms with Gasteiger partial charge in [-0.2, -0.15) is 0 Å². The first-order valence-corrected chi connectivity index (χ1v) is 20.3. The molecule has 0 saturated heterocycles. The molecule has 0 fully saturated rings. The number of hydrogen-bond donors (Lipinski definition) is 0. The molecule has 0 N–H and O–H groups in total. The summed E-state index contributed by atoms with van der Waals surface area (Å²) in [6.45, 7) is 4.73. The summed E-state index contributed by atoms with van der Waals surface area (Å²) in [5.41, 5.74) is 13.3. The fourth-order valence-corrected chi connectivity index (χ4v) is 9.15. The van der Waals surface area contributed by atoms with Crippen LogP contribution in [0.1, 0.15) is 38.2 Å². The summed E-state index contributed by atoms with van der Waals surface area (Å²) in [6, 6.07) is 73.5. The van der Waals surface area contributed by atoms with Crippen molar-refractivity contribution in [3.8, 4) is 27.9 Å². The van der Waals surface area contributed by atoms with Crippen LogP contribution in [-0.4, -0.2) is 4.57 Å². The summed E-state index contributed by atoms with van der Waals surface area (Å²) in [7, 11) is 0. The lowest BCUT2D eigenvalue weighted by Crippen LogP contribution is -2.12. The zero-order valence-corrected chi connectivity index (χ0v) is 32.4. The van der Waals surface area contributed by atoms with Crippen LogP contribution in [0.5, 0.6) is 0 Å². The first-order valence-electron chi connectivity index (χ1n) is 20.3. The van der Waals surface area contributed by atoms with Gasteiger partial charge in [0.25, 0.3) is 0 Å². The van der Waals surface area contributed by atoms with Gasteiger partial charge in [0.05, 0.1) is 16.7 Å². The van der Waals surface area contributed by atoms with Crippen molar-refractivity contribution in [3.05, 3.63) is 206 Å². The van der Waals surface area contributed by atoms with Gasteiger partial charge in [-0.15, -0.1) is 0 Å². The van der Waals surface area contributed by atoms with Crippen LogP contribution in [0.25, 0.3) is 71.3 Å². The van der Waals surface area contributed by atoms with E-state index in [1.54, 1.807) is 0 Å². The van der Waals surface area contributed by atoms with E-state index in [9.17, 15) is 0 Å². The Kier molecular flexibility index (Phi) is 8.88. The van der Waals surface area contributed by atoms with Crippen LogP contribution in [0.4, 0.5) is 17.1 Å². The minimum Gasteiger partial charge on any atom is -0.309 e. The third-order valence-corrected chi connectivity index (χ3v) is 11.7. The number of benzene rings is 9. The summed E-state index contributed by atoms with van der Waals surface area (Å²) < 4.78 is 2.40. The second-order valence-electron chi connectivity index (χ2n) is 15.3. The standard InChI is InChI=1S/C55H44N2/c1-3-18-38(2)54-47-32-29-42(40-21-10-5-11-22-40)36-51(47)55(48-33-30-41(35-50(48)54)39-19-8-4-9-20-39)56(43-23-12-6-13-24-43)45-31-34-53-49(37-45)46-27-16-17-28-52(46)57(53)44-25-14-7-15-26-44/h4-17,19-38H,3,18H2,1-2H3. The molecule has 9 aromatic carbocycles. The van der Waals surface area contributed by atoms with Gasteiger partial charge in [-0.25, -0.2) is 0 Å². The Balaban J connectivity index is 1.33. The van der Waals surface area contributed by atoms with Crippen molar-refractivity contribution in [1.82, 2.24) is 4.57 Å². The van der Waals surface area contributed by atoms with Crippen LogP contribution in [0.3, 0.4) is 0 Å². The number of fused-ring (bicyclic) bond motifs is 5. The molecule has 0 aliphatic heterocycles. The maximum atomic E-state index is 2.52. The highest BCUT2D eigenvalue weighted by Gasteiger charge is 2.25. The van der Waals surface area contributed by atoms with Gasteiger partial charge >= 0.3 is 0 Å². The zero-order chi connectivity index (χ0) is 38.3. The van der Waals surface area contributed by atoms with E-state index in [2.05, 4.69) is 224 Å². The van der Waals surface area contributed by atoms with Gasteiger partial charge < -0.3 is 9.47 Å². The second-order valence-corrected chi connectivity index (χ2v) is 15.3. The molecule has 10 rings (SSSR count). The van der Waals surface area contributed by atoms with Gasteiger partial charge in [-0.3, -0.25) is 0 Å². The van der Waals surface area contributed by atoms with Crippen LogP contribution in [0, 0.1) is 0 Å². The molecule has 1 aromatic heterocycles. The first-order chi connectivity index (χ1) is 28.2. The summed E-state index contributed by atoms with van der Waals surface area (Å²) in [4.78, 5) is 2.52. The van der Waals surface area contributed by atoms with Crippen molar-refractivity contribution in [3.63, 3.8) is 0 Å². The fraction of sp³-hybridized carbons (Fsp3) is 0.0909. The third-order valence-electron chi connectivity index (χ3n) is 11.7. The number of hydrogen-bond acceptors (Lipinski definition) is 1. The van der Waals surface area contributed by atoms with Crippen molar-refractivity contribution >= 4 is 60.4 Å². The molecule has 274 valence electrons. The van der Waals surface area contributed by atoms with Gasteiger partial charge in [-0.1, -0.05) is 160 Å². The number of para-hydroxylation sites is 3. The van der Waals surface area contributed by atoms with Crippen molar-refractivity contribution in [2.24, 2.45) is 0 Å². The molecule has 1 heterocycles. The molecule has 0 saturated carbocycles. The Hall–Kier alpha value is -6.90. The van der Waals surface area contributed by atoms with Gasteiger partial charge in [0.2, 0.25) is 0 Å². The van der Waals surface area contributed by atoms with E-state index in [1.165, 1.54) is 76.9 Å². The van der Waals surface area contributed by atoms with E-state index >= 15 is 0 Å². The number of nitrogens with zero attached hydrogens (tertiary/aromatic N) is 2. The largest absolute Gasteiger partial charge is 0.309 e. The van der Waals surface area contributed by atoms with Gasteiger partial charge in [0.15, 0.2) is 0 Å². The van der Waals surface area contributed by atoms with Crippen LogP contribution in [0.2, 0.25) is 0 Å². The van der Waals surface area contributed by atoms with E-state index in [0.717, 1.165) is 29.9 Å². The fourth-order valence-electron chi connectivity index (χ4n) is 9.15. The molecule has 10 aromatic rings. The maximum Gasteiger partial charge on any atom is 0.0618 e. The predicted molar refractivity (Wildman–Crippen MR) is 245 cm³/mol. The van der Waals surface area contributed by atoms with Gasteiger partial charge in [0, 0.05) is 38.6 Å². The van der Waals surface area contributed by atoms with Crippen LogP contribution >= 0.6 is 0 Å². The minimum atomic E-state index is 0.369. The third kappa shape index (κ3) is 6.06. The average Bonchev–Trinajstić information content (AvgIpc) is 3.61. The summed E-state index contributed by atoms with van der Waals surface area (Å²) in [5.74, 6) is 0.369. The number of anilines is 3. The molecular formula is C55H44N2. The molecule has 2 nitrogen and oxygen atoms in total. The summed E-state index contributed by atoms with van der Waals surface area (Å²) in [6.07, 6.45) is 2.24. The topological polar surface area (TPSA) is 8.17 Å². The van der Waals surface area contributed by atoms with Crippen LogP contribution in [-0.2, 0) is 0 Å². The number of rotatable bonds is 9. The monoisotopic (exact) mass is 732 g/mol. The molecule has 0 amide bonds. The Bertz CT molecular complexity index is 3020. The van der Waals surface area contributed by atoms with Gasteiger partial charge in [-0.05, 0) is 112 Å². The van der Waals surface area contributed by atoms with Crippen molar-refractivity contribution in [2.45, 2.75) is 32.6 Å². The summed E-state index contributed by atoms with van der Waals surface area (Å²) in [5, 5.41) is 7.60. The normalized spacial score (nSPS) is 12.1. The first kappa shape index (κ1) is 34.6. The summed E-state index contributed by atoms with van der Waals surface area (Å²) >= 11 is 0. The average molecular weight is 733 g/mol. The minimum absolute atomic E-state index is 0.369. The lowest BCUT2D eigenvalue weighted by Gasteiger charge is -2.31. The molecule has 0 aliphatic carbocycles. The molecule has 1 unspecified atom stereocenters. The lowest BCUT2D eigenvalue weighted by atomic mass is 9.83. The molecule has 0 aliphatic rings. The van der Waals surface area contributed by atoms with E-state index in [1.807, 2.05) is 0 Å². The molecule has 0 spiro atoms. The number of aromatic nitrogens is 1. The molecule has 1 atom stereocenters. The molecule has 2 heteroatoms. The van der Waals surface area contributed by atoms with Crippen molar-refractivity contribution in [1.29, 1.82) is 0 Å². The Labute approximate surface area is 334 Å². The van der Waals surface area contributed by atoms with E-state index < -0.39 is 0 Å². The quantitative estimate of drug-likeness (QED) is 0.134. The molecule has 0 bridgehead atoms. The smallest absolute Gasteiger partial charge is 0.0618 e. The van der Waals surface area contributed by atoms with Crippen LogP contribution in [0.15, 0.2) is 200 Å².